The van der Waals surface area contributed by atoms with Gasteiger partial charge in [-0.2, -0.15) is 8.42 Å². The minimum absolute atomic E-state index is 0. The van der Waals surface area contributed by atoms with Crippen molar-refractivity contribution in [3.63, 3.8) is 0 Å². The van der Waals surface area contributed by atoms with Crippen LogP contribution in [0.2, 0.25) is 0 Å². The van der Waals surface area contributed by atoms with Crippen molar-refractivity contribution in [3.8, 4) is 17.2 Å². The zero-order valence-corrected chi connectivity index (χ0v) is 18.1. The maximum atomic E-state index is 11.7. The van der Waals surface area contributed by atoms with Crippen molar-refractivity contribution in [1.82, 2.24) is 0 Å². The van der Waals surface area contributed by atoms with E-state index in [2.05, 4.69) is 6.92 Å². The van der Waals surface area contributed by atoms with Crippen LogP contribution in [0.4, 0.5) is 0 Å². The molecule has 0 amide bonds. The number of para-hydroxylation sites is 2. The summed E-state index contributed by atoms with van der Waals surface area (Å²) in [5.74, 6) is 0.0117. The van der Waals surface area contributed by atoms with Gasteiger partial charge in [-0.25, -0.2) is 0 Å². The first-order valence-corrected chi connectivity index (χ1v) is 9.90. The first-order valence-electron chi connectivity index (χ1n) is 8.46. The monoisotopic (exact) mass is 386 g/mol. The van der Waals surface area contributed by atoms with Crippen LogP contribution in [0.3, 0.4) is 0 Å². The fourth-order valence-electron chi connectivity index (χ4n) is 2.63. The Morgan fingerprint density at radius 3 is 2.38 bits per heavy atom. The SMILES string of the molecule is CCCCCCCc1ccc(Oc2ccccc2[O-])cc1S(=O)(=O)O.[Na+]. The molecule has 0 heterocycles. The predicted octanol–water partition coefficient (Wildman–Crippen LogP) is 1.32. The second-order valence-corrected chi connectivity index (χ2v) is 7.35. The molecule has 7 heteroatoms. The molecule has 2 aromatic carbocycles. The van der Waals surface area contributed by atoms with E-state index < -0.39 is 10.1 Å². The van der Waals surface area contributed by atoms with E-state index in [4.69, 9.17) is 4.74 Å². The number of ether oxygens (including phenoxy) is 1. The summed E-state index contributed by atoms with van der Waals surface area (Å²) in [5.41, 5.74) is 0.557. The third-order valence-electron chi connectivity index (χ3n) is 3.94. The zero-order chi connectivity index (χ0) is 18.3. The Morgan fingerprint density at radius 1 is 1.04 bits per heavy atom. The van der Waals surface area contributed by atoms with Crippen molar-refractivity contribution in [2.24, 2.45) is 0 Å². The molecule has 0 saturated carbocycles. The van der Waals surface area contributed by atoms with Crippen molar-refractivity contribution < 1.29 is 52.4 Å². The zero-order valence-electron chi connectivity index (χ0n) is 15.3. The summed E-state index contributed by atoms with van der Waals surface area (Å²) in [4.78, 5) is -0.163. The number of aryl methyl sites for hydroxylation is 1. The third kappa shape index (κ3) is 6.93. The van der Waals surface area contributed by atoms with E-state index in [0.29, 0.717) is 12.0 Å². The predicted molar refractivity (Wildman–Crippen MR) is 94.7 cm³/mol. The Labute approximate surface area is 177 Å². The number of hydrogen-bond acceptors (Lipinski definition) is 4. The molecular weight excluding hydrogens is 363 g/mol. The van der Waals surface area contributed by atoms with Gasteiger partial charge in [0.2, 0.25) is 0 Å². The molecule has 0 aromatic heterocycles. The average molecular weight is 386 g/mol. The van der Waals surface area contributed by atoms with E-state index in [1.54, 1.807) is 24.3 Å². The number of benzene rings is 2. The van der Waals surface area contributed by atoms with Gasteiger partial charge in [-0.1, -0.05) is 62.6 Å². The van der Waals surface area contributed by atoms with Gasteiger partial charge >= 0.3 is 29.6 Å². The summed E-state index contributed by atoms with van der Waals surface area (Å²) < 4.78 is 38.4. The molecule has 1 N–H and O–H groups in total. The average Bonchev–Trinajstić information content (AvgIpc) is 2.57. The Bertz CT molecular complexity index is 805. The van der Waals surface area contributed by atoms with Crippen LogP contribution in [0.1, 0.15) is 44.6 Å². The molecule has 5 nitrogen and oxygen atoms in total. The van der Waals surface area contributed by atoms with Crippen LogP contribution in [0.5, 0.6) is 17.2 Å². The largest absolute Gasteiger partial charge is 1.00 e. The van der Waals surface area contributed by atoms with Crippen LogP contribution in [-0.2, 0) is 16.5 Å². The summed E-state index contributed by atoms with van der Waals surface area (Å²) in [6.07, 6.45) is 5.85. The third-order valence-corrected chi connectivity index (χ3v) is 4.88. The van der Waals surface area contributed by atoms with Crippen LogP contribution in [-0.4, -0.2) is 13.0 Å². The molecule has 0 spiro atoms. The molecule has 0 bridgehead atoms. The number of unbranched alkanes of at least 4 members (excludes halogenated alkanes) is 4. The van der Waals surface area contributed by atoms with Gasteiger partial charge in [-0.3, -0.25) is 4.55 Å². The molecular formula is C19H23NaO5S. The maximum Gasteiger partial charge on any atom is 1.00 e. The Hall–Kier alpha value is -1.05. The Kier molecular flexibility index (Phi) is 9.68. The van der Waals surface area contributed by atoms with E-state index in [1.165, 1.54) is 18.2 Å². The van der Waals surface area contributed by atoms with Crippen molar-refractivity contribution >= 4 is 10.1 Å². The molecule has 2 rings (SSSR count). The Balaban J connectivity index is 0.00000338. The standard InChI is InChI=1S/C19H24O5S.Na/c1-2-3-4-5-6-9-15-12-13-16(14-19(15)25(21,22)23)24-18-11-8-7-10-17(18)20;/h7-8,10-14,20H,2-6,9H2,1H3,(H,21,22,23);/q;+1/p-1. The normalized spacial score (nSPS) is 11.0. The van der Waals surface area contributed by atoms with E-state index in [1.807, 2.05) is 0 Å². The molecule has 136 valence electrons. The van der Waals surface area contributed by atoms with Gasteiger partial charge in [-0.15, -0.1) is 0 Å². The van der Waals surface area contributed by atoms with Crippen molar-refractivity contribution in [2.75, 3.05) is 0 Å². The van der Waals surface area contributed by atoms with Crippen LogP contribution >= 0.6 is 0 Å². The smallest absolute Gasteiger partial charge is 0.870 e. The van der Waals surface area contributed by atoms with Gasteiger partial charge < -0.3 is 9.84 Å². The molecule has 2 aromatic rings. The fourth-order valence-corrected chi connectivity index (χ4v) is 3.39. The van der Waals surface area contributed by atoms with Crippen LogP contribution in [0.15, 0.2) is 47.4 Å². The van der Waals surface area contributed by atoms with Gasteiger partial charge in [0.15, 0.2) is 0 Å². The molecule has 0 aliphatic rings. The van der Waals surface area contributed by atoms with E-state index in [-0.39, 0.29) is 51.7 Å². The van der Waals surface area contributed by atoms with Gasteiger partial charge in [0, 0.05) is 6.07 Å². The summed E-state index contributed by atoms with van der Waals surface area (Å²) in [7, 11) is -4.36. The van der Waals surface area contributed by atoms with E-state index in [9.17, 15) is 18.1 Å². The van der Waals surface area contributed by atoms with Gasteiger partial charge in [0.05, 0.1) is 0 Å². The summed E-state index contributed by atoms with van der Waals surface area (Å²) in [6.45, 7) is 2.13. The van der Waals surface area contributed by atoms with E-state index >= 15 is 0 Å². The van der Waals surface area contributed by atoms with Gasteiger partial charge in [-0.05, 0) is 30.5 Å². The van der Waals surface area contributed by atoms with Crippen molar-refractivity contribution in [1.29, 1.82) is 0 Å². The molecule has 0 fully saturated rings. The molecule has 0 atom stereocenters. The molecule has 0 saturated heterocycles. The quantitative estimate of drug-likeness (QED) is 0.399. The van der Waals surface area contributed by atoms with Gasteiger partial charge in [0.1, 0.15) is 16.4 Å². The first kappa shape index (κ1) is 23.0. The minimum Gasteiger partial charge on any atom is -0.870 e. The molecule has 0 aliphatic heterocycles. The molecule has 0 aliphatic carbocycles. The second-order valence-electron chi connectivity index (χ2n) is 5.96. The fraction of sp³-hybridized carbons (Fsp3) is 0.368. The maximum absolute atomic E-state index is 11.7. The van der Waals surface area contributed by atoms with Crippen LogP contribution < -0.4 is 39.4 Å². The van der Waals surface area contributed by atoms with Crippen molar-refractivity contribution in [2.45, 2.75) is 50.3 Å². The number of hydrogen-bond donors (Lipinski definition) is 1. The van der Waals surface area contributed by atoms with E-state index in [0.717, 1.165) is 32.1 Å². The van der Waals surface area contributed by atoms with Gasteiger partial charge in [0.25, 0.3) is 10.1 Å². The molecule has 26 heavy (non-hydrogen) atoms. The first-order chi connectivity index (χ1) is 11.9. The second kappa shape index (κ2) is 10.9. The van der Waals surface area contributed by atoms with Crippen molar-refractivity contribution in [3.05, 3.63) is 48.0 Å². The summed E-state index contributed by atoms with van der Waals surface area (Å²) >= 11 is 0. The molecule has 0 unspecified atom stereocenters. The van der Waals surface area contributed by atoms with Crippen LogP contribution in [0, 0.1) is 0 Å². The number of rotatable bonds is 9. The Morgan fingerprint density at radius 2 is 1.73 bits per heavy atom. The minimum atomic E-state index is -4.36. The summed E-state index contributed by atoms with van der Waals surface area (Å²) in [6, 6.07) is 10.6. The van der Waals surface area contributed by atoms with Crippen LogP contribution in [0.25, 0.3) is 0 Å². The topological polar surface area (TPSA) is 86.7 Å². The summed E-state index contributed by atoms with van der Waals surface area (Å²) in [5, 5.41) is 11.7. The molecule has 0 radical (unpaired) electrons.